The van der Waals surface area contributed by atoms with Crippen molar-refractivity contribution in [3.05, 3.63) is 235 Å². The number of fused-ring (bicyclic) bond motifs is 6. The molecule has 2 heteroatoms. The van der Waals surface area contributed by atoms with Crippen molar-refractivity contribution < 1.29 is 4.42 Å². The third-order valence-electron chi connectivity index (χ3n) is 11.5. The maximum Gasteiger partial charge on any atom is 0.136 e. The monoisotopic (exact) mass is 713 g/mol. The third-order valence-corrected chi connectivity index (χ3v) is 11.5. The number of hydrogen-bond donors (Lipinski definition) is 0. The van der Waals surface area contributed by atoms with Crippen LogP contribution in [0.15, 0.2) is 217 Å². The van der Waals surface area contributed by atoms with Gasteiger partial charge in [0.15, 0.2) is 0 Å². The number of benzene rings is 8. The molecule has 0 radical (unpaired) electrons. The van der Waals surface area contributed by atoms with Crippen LogP contribution in [0.25, 0.3) is 77.8 Å². The Balaban J connectivity index is 1.11. The average Bonchev–Trinajstić information content (AvgIpc) is 3.79. The zero-order valence-corrected chi connectivity index (χ0v) is 30.6. The Labute approximate surface area is 326 Å². The van der Waals surface area contributed by atoms with E-state index in [1.165, 1.54) is 33.4 Å². The van der Waals surface area contributed by atoms with Gasteiger partial charge in [0, 0.05) is 21.9 Å². The molecule has 0 bridgehead atoms. The van der Waals surface area contributed by atoms with Crippen LogP contribution < -0.4 is 0 Å². The van der Waals surface area contributed by atoms with Crippen LogP contribution in [0.3, 0.4) is 0 Å². The van der Waals surface area contributed by atoms with Crippen LogP contribution in [0.4, 0.5) is 0 Å². The summed E-state index contributed by atoms with van der Waals surface area (Å²) in [5, 5.41) is 2.25. The molecule has 0 spiro atoms. The molecule has 10 aromatic rings. The van der Waals surface area contributed by atoms with Crippen molar-refractivity contribution in [1.82, 2.24) is 4.98 Å². The van der Waals surface area contributed by atoms with E-state index in [0.29, 0.717) is 0 Å². The minimum Gasteiger partial charge on any atom is -0.456 e. The molecule has 1 aliphatic rings. The van der Waals surface area contributed by atoms with Gasteiger partial charge in [-0.25, -0.2) is 4.98 Å². The van der Waals surface area contributed by atoms with Crippen molar-refractivity contribution in [2.75, 3.05) is 0 Å². The SMILES string of the molecule is c1ccc(-c2cc(-c3cccc(-c4cccc5oc6cc7c(cc6c45)-c4ccccc4C7(c4ccccc4)c4ccccc4)c3)cc(-c3ccccc3)n2)cc1. The number of pyridine rings is 1. The summed E-state index contributed by atoms with van der Waals surface area (Å²) in [4.78, 5) is 5.13. The summed E-state index contributed by atoms with van der Waals surface area (Å²) in [5.74, 6) is 0. The van der Waals surface area contributed by atoms with E-state index in [0.717, 1.165) is 66.7 Å². The molecule has 0 fully saturated rings. The normalized spacial score (nSPS) is 12.8. The maximum absolute atomic E-state index is 6.84. The Morgan fingerprint density at radius 1 is 0.339 bits per heavy atom. The highest BCUT2D eigenvalue weighted by molar-refractivity contribution is 6.14. The first-order chi connectivity index (χ1) is 27.8. The molecule has 2 nitrogen and oxygen atoms in total. The van der Waals surface area contributed by atoms with E-state index in [1.54, 1.807) is 0 Å². The summed E-state index contributed by atoms with van der Waals surface area (Å²) >= 11 is 0. The van der Waals surface area contributed by atoms with Crippen LogP contribution in [0.1, 0.15) is 22.3 Å². The van der Waals surface area contributed by atoms with Crippen molar-refractivity contribution in [2.45, 2.75) is 5.41 Å². The first-order valence-corrected chi connectivity index (χ1v) is 19.2. The molecule has 0 atom stereocenters. The molecule has 0 N–H and O–H groups in total. The average molecular weight is 714 g/mol. The quantitative estimate of drug-likeness (QED) is 0.171. The van der Waals surface area contributed by atoms with Gasteiger partial charge in [-0.1, -0.05) is 176 Å². The Bertz CT molecular complexity index is 2960. The number of nitrogens with zero attached hydrogens (tertiary/aromatic N) is 1. The van der Waals surface area contributed by atoms with Gasteiger partial charge in [-0.3, -0.25) is 0 Å². The molecular formula is C54H35NO. The third kappa shape index (κ3) is 5.00. The summed E-state index contributed by atoms with van der Waals surface area (Å²) in [6.07, 6.45) is 0. The van der Waals surface area contributed by atoms with Crippen molar-refractivity contribution in [1.29, 1.82) is 0 Å². The van der Waals surface area contributed by atoms with Crippen LogP contribution in [0.2, 0.25) is 0 Å². The predicted octanol–water partition coefficient (Wildman–Crippen LogP) is 14.0. The predicted molar refractivity (Wildman–Crippen MR) is 231 cm³/mol. The van der Waals surface area contributed by atoms with Gasteiger partial charge in [-0.2, -0.15) is 0 Å². The van der Waals surface area contributed by atoms with Gasteiger partial charge >= 0.3 is 0 Å². The highest BCUT2D eigenvalue weighted by Gasteiger charge is 2.46. The lowest BCUT2D eigenvalue weighted by Gasteiger charge is -2.33. The van der Waals surface area contributed by atoms with E-state index in [9.17, 15) is 0 Å². The lowest BCUT2D eigenvalue weighted by molar-refractivity contribution is 0.666. The Morgan fingerprint density at radius 3 is 1.54 bits per heavy atom. The second-order valence-corrected chi connectivity index (χ2v) is 14.6. The van der Waals surface area contributed by atoms with Gasteiger partial charge in [0.25, 0.3) is 0 Å². The summed E-state index contributed by atoms with van der Waals surface area (Å²) in [7, 11) is 0. The van der Waals surface area contributed by atoms with Crippen molar-refractivity contribution in [3.8, 4) is 55.9 Å². The molecule has 1 aliphatic carbocycles. The Kier molecular flexibility index (Phi) is 7.43. The molecule has 2 aromatic heterocycles. The maximum atomic E-state index is 6.84. The fraction of sp³-hybridized carbons (Fsp3) is 0.0185. The molecule has 0 saturated heterocycles. The molecular weight excluding hydrogens is 679 g/mol. The Morgan fingerprint density at radius 2 is 0.875 bits per heavy atom. The fourth-order valence-electron chi connectivity index (χ4n) is 9.08. The van der Waals surface area contributed by atoms with Gasteiger partial charge in [-0.05, 0) is 92.0 Å². The topological polar surface area (TPSA) is 26.0 Å². The highest BCUT2D eigenvalue weighted by Crippen LogP contribution is 2.57. The molecule has 2 heterocycles. The molecule has 0 unspecified atom stereocenters. The first-order valence-electron chi connectivity index (χ1n) is 19.2. The van der Waals surface area contributed by atoms with E-state index in [2.05, 4.69) is 200 Å². The van der Waals surface area contributed by atoms with E-state index in [-0.39, 0.29) is 0 Å². The summed E-state index contributed by atoms with van der Waals surface area (Å²) < 4.78 is 6.84. The van der Waals surface area contributed by atoms with Crippen molar-refractivity contribution in [3.63, 3.8) is 0 Å². The summed E-state index contributed by atoms with van der Waals surface area (Å²) in [5.41, 5.74) is 17.4. The van der Waals surface area contributed by atoms with Crippen molar-refractivity contribution >= 4 is 21.9 Å². The highest BCUT2D eigenvalue weighted by atomic mass is 16.3. The largest absolute Gasteiger partial charge is 0.456 e. The van der Waals surface area contributed by atoms with Gasteiger partial charge < -0.3 is 4.42 Å². The zero-order chi connectivity index (χ0) is 37.1. The van der Waals surface area contributed by atoms with Crippen LogP contribution in [-0.2, 0) is 5.41 Å². The minimum absolute atomic E-state index is 0.486. The van der Waals surface area contributed by atoms with Gasteiger partial charge in [0.1, 0.15) is 11.2 Å². The number of hydrogen-bond acceptors (Lipinski definition) is 2. The van der Waals surface area contributed by atoms with Gasteiger partial charge in [0.2, 0.25) is 0 Å². The minimum atomic E-state index is -0.486. The fourth-order valence-corrected chi connectivity index (χ4v) is 9.08. The molecule has 0 aliphatic heterocycles. The molecule has 262 valence electrons. The smallest absolute Gasteiger partial charge is 0.136 e. The second-order valence-electron chi connectivity index (χ2n) is 14.6. The Hall–Kier alpha value is -7.29. The van der Waals surface area contributed by atoms with Crippen LogP contribution in [-0.4, -0.2) is 4.98 Å². The van der Waals surface area contributed by atoms with E-state index in [4.69, 9.17) is 9.40 Å². The molecule has 0 saturated carbocycles. The van der Waals surface area contributed by atoms with E-state index in [1.807, 2.05) is 12.1 Å². The van der Waals surface area contributed by atoms with Crippen molar-refractivity contribution in [2.24, 2.45) is 0 Å². The number of rotatable bonds is 6. The first kappa shape index (κ1) is 32.2. The van der Waals surface area contributed by atoms with Gasteiger partial charge in [-0.15, -0.1) is 0 Å². The van der Waals surface area contributed by atoms with Gasteiger partial charge in [0.05, 0.1) is 16.8 Å². The lowest BCUT2D eigenvalue weighted by atomic mass is 9.67. The molecule has 0 amide bonds. The zero-order valence-electron chi connectivity index (χ0n) is 30.6. The molecule has 56 heavy (non-hydrogen) atoms. The summed E-state index contributed by atoms with van der Waals surface area (Å²) in [6.45, 7) is 0. The van der Waals surface area contributed by atoms with E-state index >= 15 is 0 Å². The lowest BCUT2D eigenvalue weighted by Crippen LogP contribution is -2.28. The molecule has 11 rings (SSSR count). The van der Waals surface area contributed by atoms with Crippen LogP contribution in [0.5, 0.6) is 0 Å². The van der Waals surface area contributed by atoms with E-state index < -0.39 is 5.41 Å². The standard InChI is InChI=1S/C54H35NO/c1-5-17-36(18-6-1)49-32-40(33-50(55-49)37-19-7-2-8-20-37)38-21-15-22-39(31-38)43-28-16-30-51-53(43)46-34-45-44-27-13-14-29-47(44)54(41-23-9-3-10-24-41,42-25-11-4-12-26-42)48(45)35-52(46)56-51/h1-35H. The summed E-state index contributed by atoms with van der Waals surface area (Å²) in [6, 6.07) is 76.1. The number of aromatic nitrogens is 1. The van der Waals surface area contributed by atoms with Crippen LogP contribution >= 0.6 is 0 Å². The van der Waals surface area contributed by atoms with Crippen LogP contribution in [0, 0.1) is 0 Å². The molecule has 8 aromatic carbocycles. The second kappa shape index (κ2) is 12.9. The number of furan rings is 1.